The van der Waals surface area contributed by atoms with Crippen molar-refractivity contribution >= 4 is 27.5 Å². The van der Waals surface area contributed by atoms with Crippen molar-refractivity contribution in [3.8, 4) is 5.75 Å². The number of hydrogen-bond acceptors (Lipinski definition) is 5. The van der Waals surface area contributed by atoms with Crippen molar-refractivity contribution in [3.63, 3.8) is 0 Å². The zero-order valence-corrected chi connectivity index (χ0v) is 25.0. The molecule has 1 N–H and O–H groups in total. The van der Waals surface area contributed by atoms with Crippen molar-refractivity contribution in [2.75, 3.05) is 18.0 Å². The van der Waals surface area contributed by atoms with E-state index in [4.69, 9.17) is 4.74 Å². The molecule has 0 spiro atoms. The highest BCUT2D eigenvalue weighted by Gasteiger charge is 2.34. The molecule has 1 unspecified atom stereocenters. The molecule has 0 aliphatic heterocycles. The van der Waals surface area contributed by atoms with Gasteiger partial charge in [0.2, 0.25) is 11.8 Å². The summed E-state index contributed by atoms with van der Waals surface area (Å²) >= 11 is 0. The van der Waals surface area contributed by atoms with Gasteiger partial charge >= 0.3 is 0 Å². The number of nitrogens with one attached hydrogen (secondary N) is 1. The third kappa shape index (κ3) is 7.27. The van der Waals surface area contributed by atoms with E-state index in [9.17, 15) is 18.0 Å². The summed E-state index contributed by atoms with van der Waals surface area (Å²) in [5, 5.41) is 3.09. The zero-order chi connectivity index (χ0) is 29.6. The molecule has 0 heterocycles. The summed E-state index contributed by atoms with van der Waals surface area (Å²) in [6.45, 7) is 5.15. The third-order valence-corrected chi connectivity index (χ3v) is 9.29. The Hall–Kier alpha value is -3.85. The van der Waals surface area contributed by atoms with Crippen molar-refractivity contribution in [1.29, 1.82) is 0 Å². The van der Waals surface area contributed by atoms with Gasteiger partial charge in [0.15, 0.2) is 0 Å². The summed E-state index contributed by atoms with van der Waals surface area (Å²) in [5.74, 6) is -0.424. The average Bonchev–Trinajstić information content (AvgIpc) is 3.47. The number of carbonyl (C=O) groups excluding carboxylic acids is 2. The minimum Gasteiger partial charge on any atom is -0.495 e. The number of aryl methyl sites for hydroxylation is 2. The van der Waals surface area contributed by atoms with Crippen LogP contribution >= 0.6 is 0 Å². The van der Waals surface area contributed by atoms with Gasteiger partial charge in [-0.1, -0.05) is 66.9 Å². The van der Waals surface area contributed by atoms with Gasteiger partial charge in [0.25, 0.3) is 10.0 Å². The van der Waals surface area contributed by atoms with Crippen molar-refractivity contribution in [1.82, 2.24) is 10.2 Å². The molecule has 0 bridgehead atoms. The van der Waals surface area contributed by atoms with Crippen LogP contribution in [0.5, 0.6) is 5.75 Å². The largest absolute Gasteiger partial charge is 0.495 e. The first kappa shape index (κ1) is 30.1. The van der Waals surface area contributed by atoms with Crippen LogP contribution in [0.2, 0.25) is 0 Å². The second-order valence-corrected chi connectivity index (χ2v) is 12.5. The van der Waals surface area contributed by atoms with E-state index < -0.39 is 28.5 Å². The van der Waals surface area contributed by atoms with Gasteiger partial charge in [-0.2, -0.15) is 0 Å². The molecule has 8 nitrogen and oxygen atoms in total. The fourth-order valence-electron chi connectivity index (χ4n) is 5.21. The van der Waals surface area contributed by atoms with Crippen molar-refractivity contribution in [3.05, 3.63) is 89.5 Å². The molecule has 1 saturated carbocycles. The van der Waals surface area contributed by atoms with Gasteiger partial charge < -0.3 is 15.0 Å². The van der Waals surface area contributed by atoms with Crippen LogP contribution in [0.25, 0.3) is 0 Å². The van der Waals surface area contributed by atoms with Gasteiger partial charge in [0, 0.05) is 12.6 Å². The second-order valence-electron chi connectivity index (χ2n) is 10.7. The Morgan fingerprint density at radius 2 is 1.63 bits per heavy atom. The van der Waals surface area contributed by atoms with E-state index in [-0.39, 0.29) is 29.1 Å². The molecular weight excluding hydrogens is 538 g/mol. The molecule has 0 aromatic heterocycles. The lowest BCUT2D eigenvalue weighted by atomic mass is 10.1. The number of ether oxygens (including phenoxy) is 1. The summed E-state index contributed by atoms with van der Waals surface area (Å²) in [4.78, 5) is 29.0. The maximum atomic E-state index is 14.2. The number of amides is 2. The standard InChI is InChI=1S/C32H39N3O5S/c1-23-11-10-12-26(19-23)21-34(25(3)32(37)33-27-13-8-9-14-27)31(36)22-35(29-20-24(2)17-18-30(29)40-4)41(38,39)28-15-6-5-7-16-28/h5-7,10-12,15-20,25,27H,8-9,13-14,21-22H2,1-4H3,(H,33,37). The van der Waals surface area contributed by atoms with Crippen LogP contribution in [0, 0.1) is 13.8 Å². The number of benzene rings is 3. The van der Waals surface area contributed by atoms with Crippen LogP contribution in [0.4, 0.5) is 5.69 Å². The van der Waals surface area contributed by atoms with Crippen LogP contribution in [0.1, 0.15) is 49.3 Å². The van der Waals surface area contributed by atoms with E-state index >= 15 is 0 Å². The van der Waals surface area contributed by atoms with E-state index in [0.717, 1.165) is 46.7 Å². The summed E-state index contributed by atoms with van der Waals surface area (Å²) in [6.07, 6.45) is 3.97. The number of anilines is 1. The van der Waals surface area contributed by atoms with E-state index in [1.807, 2.05) is 44.2 Å². The topological polar surface area (TPSA) is 96.0 Å². The first-order valence-electron chi connectivity index (χ1n) is 14.0. The molecule has 1 atom stereocenters. The molecule has 4 rings (SSSR count). The lowest BCUT2D eigenvalue weighted by molar-refractivity contribution is -0.139. The SMILES string of the molecule is COc1ccc(C)cc1N(CC(=O)N(Cc1cccc(C)c1)C(C)C(=O)NC1CCCC1)S(=O)(=O)c1ccccc1. The average molecular weight is 578 g/mol. The monoisotopic (exact) mass is 577 g/mol. The minimum atomic E-state index is -4.17. The minimum absolute atomic E-state index is 0.0496. The number of carbonyl (C=O) groups is 2. The van der Waals surface area contributed by atoms with Crippen molar-refractivity contribution in [2.45, 2.75) is 70.0 Å². The summed E-state index contributed by atoms with van der Waals surface area (Å²) in [6, 6.07) is 20.2. The molecule has 3 aromatic carbocycles. The van der Waals surface area contributed by atoms with E-state index in [0.29, 0.717) is 5.75 Å². The van der Waals surface area contributed by atoms with Gasteiger partial charge in [0.05, 0.1) is 17.7 Å². The van der Waals surface area contributed by atoms with Gasteiger partial charge in [-0.25, -0.2) is 8.42 Å². The maximum Gasteiger partial charge on any atom is 0.264 e. The summed E-state index contributed by atoms with van der Waals surface area (Å²) in [5.41, 5.74) is 2.94. The van der Waals surface area contributed by atoms with E-state index in [1.54, 1.807) is 37.3 Å². The lowest BCUT2D eigenvalue weighted by Crippen LogP contribution is -2.52. The smallest absolute Gasteiger partial charge is 0.264 e. The molecular formula is C32H39N3O5S. The molecule has 41 heavy (non-hydrogen) atoms. The number of sulfonamides is 1. The van der Waals surface area contributed by atoms with Gasteiger partial charge in [0.1, 0.15) is 18.3 Å². The fraction of sp³-hybridized carbons (Fsp3) is 0.375. The molecule has 1 aliphatic carbocycles. The summed E-state index contributed by atoms with van der Waals surface area (Å²) in [7, 11) is -2.71. The second kappa shape index (κ2) is 13.2. The van der Waals surface area contributed by atoms with Crippen molar-refractivity contribution < 1.29 is 22.7 Å². The molecule has 9 heteroatoms. The third-order valence-electron chi connectivity index (χ3n) is 7.52. The van der Waals surface area contributed by atoms with Crippen LogP contribution in [0.3, 0.4) is 0 Å². The Morgan fingerprint density at radius 1 is 0.951 bits per heavy atom. The molecule has 218 valence electrons. The van der Waals surface area contributed by atoms with Gasteiger partial charge in [-0.05, 0) is 69.0 Å². The Labute approximate surface area is 243 Å². The highest BCUT2D eigenvalue weighted by molar-refractivity contribution is 7.92. The zero-order valence-electron chi connectivity index (χ0n) is 24.2. The Morgan fingerprint density at radius 3 is 2.29 bits per heavy atom. The first-order valence-corrected chi connectivity index (χ1v) is 15.4. The van der Waals surface area contributed by atoms with Gasteiger partial charge in [-0.15, -0.1) is 0 Å². The van der Waals surface area contributed by atoms with Crippen LogP contribution in [0.15, 0.2) is 77.7 Å². The highest BCUT2D eigenvalue weighted by atomic mass is 32.2. The van der Waals surface area contributed by atoms with Crippen LogP contribution in [-0.4, -0.2) is 50.9 Å². The normalized spacial score (nSPS) is 14.3. The molecule has 0 radical (unpaired) electrons. The molecule has 1 fully saturated rings. The predicted octanol–water partition coefficient (Wildman–Crippen LogP) is 4.98. The fourth-order valence-corrected chi connectivity index (χ4v) is 6.65. The lowest BCUT2D eigenvalue weighted by Gasteiger charge is -2.33. The number of rotatable bonds is 11. The van der Waals surface area contributed by atoms with E-state index in [2.05, 4.69) is 5.32 Å². The van der Waals surface area contributed by atoms with Crippen LogP contribution in [-0.2, 0) is 26.2 Å². The first-order chi connectivity index (χ1) is 19.6. The predicted molar refractivity (Wildman–Crippen MR) is 160 cm³/mol. The van der Waals surface area contributed by atoms with Crippen LogP contribution < -0.4 is 14.4 Å². The Kier molecular flexibility index (Phi) is 9.70. The Balaban J connectivity index is 1.73. The number of hydrogen-bond donors (Lipinski definition) is 1. The molecule has 1 aliphatic rings. The molecule has 3 aromatic rings. The Bertz CT molecular complexity index is 1470. The number of nitrogens with zero attached hydrogens (tertiary/aromatic N) is 2. The number of methoxy groups -OCH3 is 1. The quantitative estimate of drug-likeness (QED) is 0.347. The van der Waals surface area contributed by atoms with Crippen molar-refractivity contribution in [2.24, 2.45) is 0 Å². The molecule has 2 amide bonds. The summed E-state index contributed by atoms with van der Waals surface area (Å²) < 4.78 is 34.7. The maximum absolute atomic E-state index is 14.2. The molecule has 0 saturated heterocycles. The van der Waals surface area contributed by atoms with Gasteiger partial charge in [-0.3, -0.25) is 13.9 Å². The highest BCUT2D eigenvalue weighted by Crippen LogP contribution is 2.33. The van der Waals surface area contributed by atoms with E-state index in [1.165, 1.54) is 24.1 Å².